The fourth-order valence-corrected chi connectivity index (χ4v) is 3.10. The molecule has 1 unspecified atom stereocenters. The Morgan fingerprint density at radius 3 is 3.12 bits per heavy atom. The normalized spacial score (nSPS) is 19.2. The van der Waals surface area contributed by atoms with Gasteiger partial charge in [-0.25, -0.2) is 4.98 Å². The van der Waals surface area contributed by atoms with Crippen LogP contribution in [0, 0.1) is 10.1 Å². The molecule has 2 heterocycles. The molecule has 1 fully saturated rings. The topological polar surface area (TPSA) is 68.1 Å². The summed E-state index contributed by atoms with van der Waals surface area (Å²) in [6.07, 6.45) is 3.66. The summed E-state index contributed by atoms with van der Waals surface area (Å²) >= 11 is 7.86. The van der Waals surface area contributed by atoms with E-state index in [0.717, 1.165) is 6.54 Å². The fourth-order valence-electron chi connectivity index (χ4n) is 1.67. The molecule has 0 amide bonds. The lowest BCUT2D eigenvalue weighted by molar-refractivity contribution is -0.385. The second kappa shape index (κ2) is 5.55. The highest BCUT2D eigenvalue weighted by atomic mass is 35.5. The Bertz CT molecular complexity index is 424. The lowest BCUT2D eigenvalue weighted by Crippen LogP contribution is -2.14. The number of aromatic nitrogens is 1. The molecule has 0 bridgehead atoms. The van der Waals surface area contributed by atoms with Gasteiger partial charge in [0.15, 0.2) is 0 Å². The molecule has 17 heavy (non-hydrogen) atoms. The van der Waals surface area contributed by atoms with Crippen molar-refractivity contribution >= 4 is 34.9 Å². The molecule has 1 aromatic heterocycles. The highest BCUT2D eigenvalue weighted by molar-refractivity contribution is 8.00. The minimum Gasteiger partial charge on any atom is -0.368 e. The molecule has 0 aliphatic carbocycles. The van der Waals surface area contributed by atoms with Crippen LogP contribution in [-0.2, 0) is 0 Å². The minimum atomic E-state index is -0.504. The monoisotopic (exact) mass is 273 g/mol. The largest absolute Gasteiger partial charge is 0.368 e. The SMILES string of the molecule is O=[N+]([O-])c1cnc(NCC2CCCS2)c(Cl)c1. The number of hydrogen-bond donors (Lipinski definition) is 1. The zero-order valence-corrected chi connectivity index (χ0v) is 10.6. The second-order valence-electron chi connectivity index (χ2n) is 3.80. The van der Waals surface area contributed by atoms with Crippen LogP contribution in [0.3, 0.4) is 0 Å². The molecule has 0 spiro atoms. The van der Waals surface area contributed by atoms with Gasteiger partial charge in [0.1, 0.15) is 12.0 Å². The number of nitrogens with one attached hydrogen (secondary N) is 1. The van der Waals surface area contributed by atoms with Crippen molar-refractivity contribution in [3.05, 3.63) is 27.4 Å². The third-order valence-electron chi connectivity index (χ3n) is 2.56. The van der Waals surface area contributed by atoms with Gasteiger partial charge in [0.25, 0.3) is 5.69 Å². The number of pyridine rings is 1. The molecule has 7 heteroatoms. The molecule has 1 N–H and O–H groups in total. The van der Waals surface area contributed by atoms with E-state index in [1.165, 1.54) is 30.9 Å². The van der Waals surface area contributed by atoms with Gasteiger partial charge < -0.3 is 5.32 Å². The Labute approximate surface area is 108 Å². The smallest absolute Gasteiger partial charge is 0.289 e. The lowest BCUT2D eigenvalue weighted by Gasteiger charge is -2.11. The van der Waals surface area contributed by atoms with E-state index in [-0.39, 0.29) is 5.69 Å². The van der Waals surface area contributed by atoms with E-state index in [9.17, 15) is 10.1 Å². The third kappa shape index (κ3) is 3.23. The predicted octanol–water partition coefficient (Wildman–Crippen LogP) is 2.95. The summed E-state index contributed by atoms with van der Waals surface area (Å²) in [5, 5.41) is 14.5. The average Bonchev–Trinajstić information content (AvgIpc) is 2.80. The Kier molecular flexibility index (Phi) is 4.06. The van der Waals surface area contributed by atoms with Crippen LogP contribution < -0.4 is 5.32 Å². The van der Waals surface area contributed by atoms with Crippen LogP contribution in [0.2, 0.25) is 5.02 Å². The number of halogens is 1. The van der Waals surface area contributed by atoms with Crippen LogP contribution in [0.25, 0.3) is 0 Å². The van der Waals surface area contributed by atoms with Gasteiger partial charge in [-0.3, -0.25) is 10.1 Å². The fraction of sp³-hybridized carbons (Fsp3) is 0.500. The molecule has 1 atom stereocenters. The van der Waals surface area contributed by atoms with Gasteiger partial charge in [-0.1, -0.05) is 11.6 Å². The lowest BCUT2D eigenvalue weighted by atomic mass is 10.2. The number of nitrogens with zero attached hydrogens (tertiary/aromatic N) is 2. The van der Waals surface area contributed by atoms with Crippen molar-refractivity contribution in [3.8, 4) is 0 Å². The van der Waals surface area contributed by atoms with Crippen molar-refractivity contribution in [2.75, 3.05) is 17.6 Å². The maximum absolute atomic E-state index is 10.5. The Morgan fingerprint density at radius 1 is 1.71 bits per heavy atom. The van der Waals surface area contributed by atoms with Crippen LogP contribution in [0.5, 0.6) is 0 Å². The zero-order valence-electron chi connectivity index (χ0n) is 9.06. The second-order valence-corrected chi connectivity index (χ2v) is 5.61. The van der Waals surface area contributed by atoms with E-state index in [1.807, 2.05) is 11.8 Å². The number of nitro groups is 1. The molecule has 5 nitrogen and oxygen atoms in total. The zero-order chi connectivity index (χ0) is 12.3. The van der Waals surface area contributed by atoms with E-state index in [1.54, 1.807) is 0 Å². The summed E-state index contributed by atoms with van der Waals surface area (Å²) < 4.78 is 0. The van der Waals surface area contributed by atoms with Crippen LogP contribution in [0.1, 0.15) is 12.8 Å². The van der Waals surface area contributed by atoms with Crippen molar-refractivity contribution < 1.29 is 4.92 Å². The molecule has 0 aromatic carbocycles. The minimum absolute atomic E-state index is 0.0872. The van der Waals surface area contributed by atoms with Crippen molar-refractivity contribution in [1.82, 2.24) is 4.98 Å². The van der Waals surface area contributed by atoms with Gasteiger partial charge in [0.2, 0.25) is 0 Å². The summed E-state index contributed by atoms with van der Waals surface area (Å²) in [4.78, 5) is 14.0. The summed E-state index contributed by atoms with van der Waals surface area (Å²) in [7, 11) is 0. The van der Waals surface area contributed by atoms with E-state index < -0.39 is 4.92 Å². The molecule has 1 aliphatic heterocycles. The molecule has 1 saturated heterocycles. The first kappa shape index (κ1) is 12.4. The first-order valence-corrected chi connectivity index (χ1v) is 6.75. The number of thioether (sulfide) groups is 1. The van der Waals surface area contributed by atoms with Crippen LogP contribution in [0.4, 0.5) is 11.5 Å². The number of anilines is 1. The molecule has 2 rings (SSSR count). The quantitative estimate of drug-likeness (QED) is 0.675. The maximum atomic E-state index is 10.5. The summed E-state index contributed by atoms with van der Waals surface area (Å²) in [6, 6.07) is 1.32. The molecule has 1 aromatic rings. The standard InChI is InChI=1S/C10H12ClN3O2S/c11-9-4-7(14(15)16)5-12-10(9)13-6-8-2-1-3-17-8/h4-5,8H,1-3,6H2,(H,12,13). The van der Waals surface area contributed by atoms with E-state index in [2.05, 4.69) is 10.3 Å². The molecule has 0 saturated carbocycles. The summed E-state index contributed by atoms with van der Waals surface area (Å²) in [6.45, 7) is 0.801. The Balaban J connectivity index is 1.98. The first-order valence-electron chi connectivity index (χ1n) is 5.32. The third-order valence-corrected chi connectivity index (χ3v) is 4.25. The predicted molar refractivity (Wildman–Crippen MR) is 69.9 cm³/mol. The van der Waals surface area contributed by atoms with Crippen molar-refractivity contribution in [3.63, 3.8) is 0 Å². The van der Waals surface area contributed by atoms with Crippen molar-refractivity contribution in [1.29, 1.82) is 0 Å². The van der Waals surface area contributed by atoms with Crippen LogP contribution in [0.15, 0.2) is 12.3 Å². The van der Waals surface area contributed by atoms with Gasteiger partial charge in [-0.05, 0) is 18.6 Å². The number of rotatable bonds is 4. The van der Waals surface area contributed by atoms with E-state index in [4.69, 9.17) is 11.6 Å². The number of hydrogen-bond acceptors (Lipinski definition) is 5. The molecular weight excluding hydrogens is 262 g/mol. The van der Waals surface area contributed by atoms with Gasteiger partial charge >= 0.3 is 0 Å². The van der Waals surface area contributed by atoms with Crippen molar-refractivity contribution in [2.45, 2.75) is 18.1 Å². The van der Waals surface area contributed by atoms with Crippen LogP contribution in [-0.4, -0.2) is 27.5 Å². The molecule has 92 valence electrons. The average molecular weight is 274 g/mol. The highest BCUT2D eigenvalue weighted by Crippen LogP contribution is 2.28. The maximum Gasteiger partial charge on any atom is 0.289 e. The van der Waals surface area contributed by atoms with Crippen molar-refractivity contribution in [2.24, 2.45) is 0 Å². The van der Waals surface area contributed by atoms with Gasteiger partial charge in [-0.15, -0.1) is 0 Å². The van der Waals surface area contributed by atoms with Crippen LogP contribution >= 0.6 is 23.4 Å². The molecule has 1 aliphatic rings. The Morgan fingerprint density at radius 2 is 2.53 bits per heavy atom. The van der Waals surface area contributed by atoms with Gasteiger partial charge in [0, 0.05) is 17.9 Å². The summed E-state index contributed by atoms with van der Waals surface area (Å²) in [5.74, 6) is 1.72. The van der Waals surface area contributed by atoms with E-state index >= 15 is 0 Å². The summed E-state index contributed by atoms with van der Waals surface area (Å²) in [5.41, 5.74) is -0.0872. The Hall–Kier alpha value is -1.01. The van der Waals surface area contributed by atoms with Gasteiger partial charge in [0.05, 0.1) is 9.95 Å². The molecular formula is C10H12ClN3O2S. The molecule has 0 radical (unpaired) electrons. The van der Waals surface area contributed by atoms with E-state index in [0.29, 0.717) is 16.1 Å². The highest BCUT2D eigenvalue weighted by Gasteiger charge is 2.16. The van der Waals surface area contributed by atoms with Gasteiger partial charge in [-0.2, -0.15) is 11.8 Å². The first-order chi connectivity index (χ1) is 8.16.